The molecule has 0 spiro atoms. The van der Waals surface area contributed by atoms with Crippen molar-refractivity contribution in [1.82, 2.24) is 4.90 Å². The highest BCUT2D eigenvalue weighted by Gasteiger charge is 2.20. The van der Waals surface area contributed by atoms with Gasteiger partial charge in [0.1, 0.15) is 11.8 Å². The molecule has 1 aliphatic heterocycles. The highest BCUT2D eigenvalue weighted by Crippen LogP contribution is 2.17. The number of rotatable bonds is 4. The van der Waals surface area contributed by atoms with Gasteiger partial charge in [0.2, 0.25) is 0 Å². The molecule has 2 rings (SSSR count). The maximum atomic E-state index is 9.32. The summed E-state index contributed by atoms with van der Waals surface area (Å²) < 4.78 is 5.14. The molecule has 1 atom stereocenters. The van der Waals surface area contributed by atoms with Gasteiger partial charge in [-0.2, -0.15) is 5.26 Å². The topological polar surface area (TPSA) is 36.3 Å². The molecule has 0 N–H and O–H groups in total. The molecule has 1 aromatic rings. The average molecular weight is 244 g/mol. The minimum atomic E-state index is 0.0127. The first kappa shape index (κ1) is 12.9. The van der Waals surface area contributed by atoms with Crippen molar-refractivity contribution in [3.8, 4) is 11.8 Å². The highest BCUT2D eigenvalue weighted by atomic mass is 16.5. The molecule has 1 saturated heterocycles. The summed E-state index contributed by atoms with van der Waals surface area (Å²) in [6.45, 7) is 2.13. The molecule has 1 unspecified atom stereocenters. The lowest BCUT2D eigenvalue weighted by Gasteiger charge is -2.30. The number of nitriles is 1. The van der Waals surface area contributed by atoms with E-state index >= 15 is 0 Å². The minimum absolute atomic E-state index is 0.0127. The first-order valence-electron chi connectivity index (χ1n) is 6.60. The fraction of sp³-hybridized carbons (Fsp3) is 0.533. The molecular formula is C15H20N2O. The molecular weight excluding hydrogens is 224 g/mol. The first-order chi connectivity index (χ1) is 8.83. The van der Waals surface area contributed by atoms with Crippen molar-refractivity contribution in [2.24, 2.45) is 0 Å². The van der Waals surface area contributed by atoms with Crippen molar-refractivity contribution in [1.29, 1.82) is 5.26 Å². The van der Waals surface area contributed by atoms with E-state index in [1.165, 1.54) is 24.8 Å². The zero-order valence-electron chi connectivity index (χ0n) is 10.9. The molecule has 3 nitrogen and oxygen atoms in total. The average Bonchev–Trinajstić information content (AvgIpc) is 2.46. The lowest BCUT2D eigenvalue weighted by Crippen LogP contribution is -2.39. The van der Waals surface area contributed by atoms with Crippen LogP contribution in [-0.4, -0.2) is 31.1 Å². The Labute approximate surface area is 109 Å². The van der Waals surface area contributed by atoms with Crippen LogP contribution in [0.4, 0.5) is 0 Å². The molecule has 18 heavy (non-hydrogen) atoms. The Bertz CT molecular complexity index is 401. The lowest BCUT2D eigenvalue weighted by atomic mass is 10.0. The normalized spacial score (nSPS) is 18.0. The number of nitrogens with zero attached hydrogens (tertiary/aromatic N) is 2. The highest BCUT2D eigenvalue weighted by molar-refractivity contribution is 5.28. The Morgan fingerprint density at radius 3 is 2.44 bits per heavy atom. The molecule has 0 bridgehead atoms. The molecule has 0 saturated carbocycles. The van der Waals surface area contributed by atoms with E-state index in [1.807, 2.05) is 24.3 Å². The smallest absolute Gasteiger partial charge is 0.118 e. The van der Waals surface area contributed by atoms with Crippen LogP contribution in [0.3, 0.4) is 0 Å². The second kappa shape index (κ2) is 6.42. The third kappa shape index (κ3) is 3.24. The molecule has 0 radical (unpaired) electrons. The third-order valence-electron chi connectivity index (χ3n) is 3.57. The molecule has 0 aromatic heterocycles. The summed E-state index contributed by atoms with van der Waals surface area (Å²) in [4.78, 5) is 2.31. The molecule has 1 heterocycles. The van der Waals surface area contributed by atoms with E-state index in [0.717, 1.165) is 25.3 Å². The summed E-state index contributed by atoms with van der Waals surface area (Å²) in [5.74, 6) is 0.866. The lowest BCUT2D eigenvalue weighted by molar-refractivity contribution is 0.194. The van der Waals surface area contributed by atoms with Crippen LogP contribution in [-0.2, 0) is 6.42 Å². The van der Waals surface area contributed by atoms with Crippen molar-refractivity contribution >= 4 is 0 Å². The molecule has 1 aliphatic rings. The van der Waals surface area contributed by atoms with Gasteiger partial charge in [0, 0.05) is 6.42 Å². The van der Waals surface area contributed by atoms with Gasteiger partial charge in [-0.3, -0.25) is 4.90 Å². The molecule has 1 aromatic carbocycles. The summed E-state index contributed by atoms with van der Waals surface area (Å²) in [6.07, 6.45) is 4.55. The molecule has 3 heteroatoms. The van der Waals surface area contributed by atoms with E-state index < -0.39 is 0 Å². The van der Waals surface area contributed by atoms with Crippen molar-refractivity contribution < 1.29 is 4.74 Å². The van der Waals surface area contributed by atoms with Gasteiger partial charge in [-0.25, -0.2) is 0 Å². The summed E-state index contributed by atoms with van der Waals surface area (Å²) in [5, 5.41) is 9.32. The number of methoxy groups -OCH3 is 1. The van der Waals surface area contributed by atoms with Crippen molar-refractivity contribution in [3.63, 3.8) is 0 Å². The SMILES string of the molecule is COc1ccc(CC(C#N)N2CCCCC2)cc1. The van der Waals surface area contributed by atoms with Crippen LogP contribution in [0.25, 0.3) is 0 Å². The number of hydrogen-bond donors (Lipinski definition) is 0. The van der Waals surface area contributed by atoms with E-state index in [1.54, 1.807) is 7.11 Å². The second-order valence-corrected chi connectivity index (χ2v) is 4.79. The van der Waals surface area contributed by atoms with Gasteiger partial charge in [0.05, 0.1) is 13.2 Å². The minimum Gasteiger partial charge on any atom is -0.497 e. The van der Waals surface area contributed by atoms with Crippen LogP contribution >= 0.6 is 0 Å². The molecule has 0 aliphatic carbocycles. The number of ether oxygens (including phenoxy) is 1. The maximum absolute atomic E-state index is 9.32. The molecule has 1 fully saturated rings. The standard InChI is InChI=1S/C15H20N2O/c1-18-15-7-5-13(6-8-15)11-14(12-16)17-9-3-2-4-10-17/h5-8,14H,2-4,9-11H2,1H3. The number of piperidine rings is 1. The van der Waals surface area contributed by atoms with Gasteiger partial charge in [0.25, 0.3) is 0 Å². The number of benzene rings is 1. The van der Waals surface area contributed by atoms with Gasteiger partial charge >= 0.3 is 0 Å². The monoisotopic (exact) mass is 244 g/mol. The van der Waals surface area contributed by atoms with E-state index in [2.05, 4.69) is 11.0 Å². The van der Waals surface area contributed by atoms with E-state index in [9.17, 15) is 5.26 Å². The summed E-state index contributed by atoms with van der Waals surface area (Å²) in [5.41, 5.74) is 1.20. The Morgan fingerprint density at radius 1 is 1.22 bits per heavy atom. The van der Waals surface area contributed by atoms with Gasteiger partial charge in [0.15, 0.2) is 0 Å². The predicted molar refractivity (Wildman–Crippen MR) is 71.5 cm³/mol. The van der Waals surface area contributed by atoms with Gasteiger partial charge in [-0.1, -0.05) is 18.6 Å². The van der Waals surface area contributed by atoms with Crippen LogP contribution in [0.2, 0.25) is 0 Å². The van der Waals surface area contributed by atoms with Crippen molar-refractivity contribution in [3.05, 3.63) is 29.8 Å². The second-order valence-electron chi connectivity index (χ2n) is 4.79. The number of likely N-dealkylation sites (tertiary alicyclic amines) is 1. The van der Waals surface area contributed by atoms with Crippen LogP contribution in [0.1, 0.15) is 24.8 Å². The Kier molecular flexibility index (Phi) is 4.60. The van der Waals surface area contributed by atoms with Gasteiger partial charge < -0.3 is 4.74 Å². The van der Waals surface area contributed by atoms with Crippen LogP contribution in [0, 0.1) is 11.3 Å². The van der Waals surface area contributed by atoms with E-state index in [4.69, 9.17) is 4.74 Å². The van der Waals surface area contributed by atoms with Crippen LogP contribution < -0.4 is 4.74 Å². The van der Waals surface area contributed by atoms with E-state index in [0.29, 0.717) is 0 Å². The van der Waals surface area contributed by atoms with Crippen molar-refractivity contribution in [2.45, 2.75) is 31.7 Å². The Balaban J connectivity index is 1.98. The van der Waals surface area contributed by atoms with E-state index in [-0.39, 0.29) is 6.04 Å². The summed E-state index contributed by atoms with van der Waals surface area (Å²) in [6, 6.07) is 10.5. The Hall–Kier alpha value is -1.53. The Morgan fingerprint density at radius 2 is 1.89 bits per heavy atom. The maximum Gasteiger partial charge on any atom is 0.118 e. The number of hydrogen-bond acceptors (Lipinski definition) is 3. The quantitative estimate of drug-likeness (QED) is 0.817. The fourth-order valence-electron chi connectivity index (χ4n) is 2.47. The third-order valence-corrected chi connectivity index (χ3v) is 3.57. The van der Waals surface area contributed by atoms with Gasteiger partial charge in [-0.15, -0.1) is 0 Å². The zero-order valence-corrected chi connectivity index (χ0v) is 10.9. The summed E-state index contributed by atoms with van der Waals surface area (Å²) in [7, 11) is 1.67. The predicted octanol–water partition coefficient (Wildman–Crippen LogP) is 2.62. The van der Waals surface area contributed by atoms with Crippen LogP contribution in [0.15, 0.2) is 24.3 Å². The fourth-order valence-corrected chi connectivity index (χ4v) is 2.47. The molecule has 0 amide bonds. The first-order valence-corrected chi connectivity index (χ1v) is 6.60. The summed E-state index contributed by atoms with van der Waals surface area (Å²) >= 11 is 0. The van der Waals surface area contributed by atoms with Crippen LogP contribution in [0.5, 0.6) is 5.75 Å². The molecule has 96 valence electrons. The van der Waals surface area contributed by atoms with Gasteiger partial charge in [-0.05, 0) is 43.6 Å². The zero-order chi connectivity index (χ0) is 12.8. The van der Waals surface area contributed by atoms with Crippen molar-refractivity contribution in [2.75, 3.05) is 20.2 Å². The largest absolute Gasteiger partial charge is 0.497 e.